The van der Waals surface area contributed by atoms with Crippen LogP contribution in [0.5, 0.6) is 0 Å². The van der Waals surface area contributed by atoms with E-state index in [0.29, 0.717) is 0 Å². The van der Waals surface area contributed by atoms with Crippen LogP contribution in [-0.4, -0.2) is 34.7 Å². The Balaban J connectivity index is 3.47. The maximum atomic E-state index is 4.71. The highest BCUT2D eigenvalue weighted by molar-refractivity contribution is 8.15. The summed E-state index contributed by atoms with van der Waals surface area (Å²) in [5, 5.41) is 1.17. The molecule has 0 aliphatic carbocycles. The van der Waals surface area contributed by atoms with Gasteiger partial charge < -0.3 is 0 Å². The highest BCUT2D eigenvalue weighted by atomic mass is 32.2. The number of thioether (sulfide) groups is 2. The molecule has 0 rings (SSSR count). The van der Waals surface area contributed by atoms with Crippen molar-refractivity contribution in [1.82, 2.24) is 0 Å². The summed E-state index contributed by atoms with van der Waals surface area (Å²) in [5.41, 5.74) is 2.79. The van der Waals surface area contributed by atoms with E-state index < -0.39 is 0 Å². The van der Waals surface area contributed by atoms with E-state index in [2.05, 4.69) is 32.7 Å². The lowest BCUT2D eigenvalue weighted by atomic mass is 10.2. The molecule has 0 atom stereocenters. The van der Waals surface area contributed by atoms with Crippen LogP contribution in [0.4, 0.5) is 0 Å². The van der Waals surface area contributed by atoms with Crippen LogP contribution >= 0.6 is 23.5 Å². The first kappa shape index (κ1) is 22.0. The first-order chi connectivity index (χ1) is 10.8. The van der Waals surface area contributed by atoms with E-state index in [9.17, 15) is 0 Å². The van der Waals surface area contributed by atoms with Crippen molar-refractivity contribution in [3.8, 4) is 0 Å². The summed E-state index contributed by atoms with van der Waals surface area (Å²) >= 11 is 4.00. The normalized spacial score (nSPS) is 12.9. The molecule has 130 valence electrons. The Hall–Kier alpha value is 0.0400. The summed E-state index contributed by atoms with van der Waals surface area (Å²) in [6.07, 6.45) is 9.55. The standard InChI is InChI=1S/C18H36N2S2/c1-5-11-17(7-3)19-13-9-10-14-21-16-22-15-20-18(8-4)12-6-2/h5-16H2,1-4H3. The van der Waals surface area contributed by atoms with Gasteiger partial charge in [0.2, 0.25) is 0 Å². The number of hydrogen-bond donors (Lipinski definition) is 0. The third-order valence-electron chi connectivity index (χ3n) is 3.47. The molecule has 0 aliphatic rings. The molecular weight excluding hydrogens is 308 g/mol. The van der Waals surface area contributed by atoms with Gasteiger partial charge in [0.1, 0.15) is 0 Å². The molecule has 0 amide bonds. The molecule has 0 heterocycles. The molecule has 0 bridgehead atoms. The highest BCUT2D eigenvalue weighted by Crippen LogP contribution is 2.14. The first-order valence-corrected chi connectivity index (χ1v) is 11.3. The minimum Gasteiger partial charge on any atom is -0.294 e. The van der Waals surface area contributed by atoms with E-state index in [1.54, 1.807) is 0 Å². The number of aliphatic imine (C=N–C) groups is 2. The molecule has 0 saturated carbocycles. The van der Waals surface area contributed by atoms with Gasteiger partial charge in [0.15, 0.2) is 0 Å². The van der Waals surface area contributed by atoms with Crippen LogP contribution in [0.3, 0.4) is 0 Å². The average molecular weight is 345 g/mol. The van der Waals surface area contributed by atoms with Gasteiger partial charge in [-0.25, -0.2) is 0 Å². The summed E-state index contributed by atoms with van der Waals surface area (Å²) in [6.45, 7) is 9.91. The van der Waals surface area contributed by atoms with Gasteiger partial charge in [0, 0.05) is 23.1 Å². The largest absolute Gasteiger partial charge is 0.294 e. The van der Waals surface area contributed by atoms with Crippen molar-refractivity contribution < 1.29 is 0 Å². The third-order valence-corrected chi connectivity index (χ3v) is 5.69. The van der Waals surface area contributed by atoms with Crippen molar-refractivity contribution in [2.24, 2.45) is 9.98 Å². The van der Waals surface area contributed by atoms with Gasteiger partial charge in [-0.2, -0.15) is 11.8 Å². The molecule has 0 saturated heterocycles. The minimum absolute atomic E-state index is 0.942. The van der Waals surface area contributed by atoms with Crippen LogP contribution in [0.25, 0.3) is 0 Å². The van der Waals surface area contributed by atoms with Crippen LogP contribution in [0.1, 0.15) is 79.1 Å². The maximum Gasteiger partial charge on any atom is 0.0851 e. The van der Waals surface area contributed by atoms with Crippen molar-refractivity contribution in [2.45, 2.75) is 79.1 Å². The number of hydrogen-bond acceptors (Lipinski definition) is 4. The molecule has 0 fully saturated rings. The van der Waals surface area contributed by atoms with Gasteiger partial charge in [-0.1, -0.05) is 40.5 Å². The molecule has 0 N–H and O–H groups in total. The predicted molar refractivity (Wildman–Crippen MR) is 109 cm³/mol. The predicted octanol–water partition coefficient (Wildman–Crippen LogP) is 6.45. The molecule has 2 nitrogen and oxygen atoms in total. The Kier molecular flexibility index (Phi) is 17.4. The SMILES string of the molecule is CCCC(CC)=NCCCCSCSCN=C(CC)CCC. The monoisotopic (exact) mass is 344 g/mol. The van der Waals surface area contributed by atoms with Crippen LogP contribution < -0.4 is 0 Å². The van der Waals surface area contributed by atoms with E-state index in [1.165, 1.54) is 60.8 Å². The lowest BCUT2D eigenvalue weighted by molar-refractivity contribution is 0.806. The van der Waals surface area contributed by atoms with Crippen LogP contribution in [0, 0.1) is 0 Å². The highest BCUT2D eigenvalue weighted by Gasteiger charge is 1.96. The Morgan fingerprint density at radius 1 is 0.773 bits per heavy atom. The molecule has 0 aromatic heterocycles. The van der Waals surface area contributed by atoms with E-state index in [4.69, 9.17) is 4.99 Å². The van der Waals surface area contributed by atoms with Crippen molar-refractivity contribution >= 4 is 34.9 Å². The second kappa shape index (κ2) is 17.4. The van der Waals surface area contributed by atoms with Crippen LogP contribution in [0.2, 0.25) is 0 Å². The van der Waals surface area contributed by atoms with E-state index in [-0.39, 0.29) is 0 Å². The Bertz CT molecular complexity index is 271. The summed E-state index contributed by atoms with van der Waals surface area (Å²) < 4.78 is 0. The zero-order chi connectivity index (χ0) is 16.5. The van der Waals surface area contributed by atoms with Crippen molar-refractivity contribution in [2.75, 3.05) is 23.3 Å². The maximum absolute atomic E-state index is 4.71. The van der Waals surface area contributed by atoms with Gasteiger partial charge >= 0.3 is 0 Å². The second-order valence-electron chi connectivity index (χ2n) is 5.45. The molecule has 0 aromatic rings. The summed E-state index contributed by atoms with van der Waals surface area (Å²) in [5.74, 6) is 2.20. The summed E-state index contributed by atoms with van der Waals surface area (Å²) in [6, 6.07) is 0. The molecule has 0 unspecified atom stereocenters. The number of rotatable bonds is 15. The zero-order valence-electron chi connectivity index (χ0n) is 15.2. The first-order valence-electron chi connectivity index (χ1n) is 8.98. The number of unbranched alkanes of at least 4 members (excludes halogenated alkanes) is 1. The fourth-order valence-corrected chi connectivity index (χ4v) is 4.08. The van der Waals surface area contributed by atoms with Gasteiger partial charge in [0.05, 0.1) is 5.88 Å². The van der Waals surface area contributed by atoms with E-state index >= 15 is 0 Å². The Morgan fingerprint density at radius 2 is 1.41 bits per heavy atom. The van der Waals surface area contributed by atoms with E-state index in [0.717, 1.165) is 25.3 Å². The molecule has 0 aliphatic heterocycles. The van der Waals surface area contributed by atoms with E-state index in [1.807, 2.05) is 23.5 Å². The van der Waals surface area contributed by atoms with Gasteiger partial charge in [-0.15, -0.1) is 11.8 Å². The smallest absolute Gasteiger partial charge is 0.0851 e. The molecular formula is C18H36N2S2. The summed E-state index contributed by atoms with van der Waals surface area (Å²) in [7, 11) is 0. The molecule has 0 radical (unpaired) electrons. The molecule has 22 heavy (non-hydrogen) atoms. The van der Waals surface area contributed by atoms with Crippen LogP contribution in [-0.2, 0) is 0 Å². The Labute approximate surface area is 147 Å². The van der Waals surface area contributed by atoms with Crippen molar-refractivity contribution in [3.63, 3.8) is 0 Å². The van der Waals surface area contributed by atoms with Crippen molar-refractivity contribution in [1.29, 1.82) is 0 Å². The lowest BCUT2D eigenvalue weighted by Crippen LogP contribution is -1.97. The Morgan fingerprint density at radius 3 is 2.00 bits per heavy atom. The fraction of sp³-hybridized carbons (Fsp3) is 0.889. The lowest BCUT2D eigenvalue weighted by Gasteiger charge is -2.03. The van der Waals surface area contributed by atoms with Gasteiger partial charge in [0.25, 0.3) is 0 Å². The zero-order valence-corrected chi connectivity index (χ0v) is 16.8. The molecule has 0 spiro atoms. The quantitative estimate of drug-likeness (QED) is 0.194. The molecule has 0 aromatic carbocycles. The average Bonchev–Trinajstić information content (AvgIpc) is 2.54. The van der Waals surface area contributed by atoms with Crippen LogP contribution in [0.15, 0.2) is 9.98 Å². The molecule has 4 heteroatoms. The third kappa shape index (κ3) is 13.7. The minimum atomic E-state index is 0.942. The van der Waals surface area contributed by atoms with Gasteiger partial charge in [-0.3, -0.25) is 9.98 Å². The van der Waals surface area contributed by atoms with Gasteiger partial charge in [-0.05, 0) is 44.3 Å². The number of nitrogens with zero attached hydrogens (tertiary/aromatic N) is 2. The van der Waals surface area contributed by atoms with Crippen molar-refractivity contribution in [3.05, 3.63) is 0 Å². The fourth-order valence-electron chi connectivity index (χ4n) is 2.16. The summed E-state index contributed by atoms with van der Waals surface area (Å²) in [4.78, 5) is 9.38. The topological polar surface area (TPSA) is 24.7 Å². The second-order valence-corrected chi connectivity index (χ2v) is 7.87.